The van der Waals surface area contributed by atoms with Gasteiger partial charge in [-0.1, -0.05) is 6.92 Å². The number of fused-ring (bicyclic) bond motifs is 1. The van der Waals surface area contributed by atoms with Crippen molar-refractivity contribution in [2.75, 3.05) is 33.9 Å². The van der Waals surface area contributed by atoms with E-state index >= 15 is 0 Å². The van der Waals surface area contributed by atoms with Crippen LogP contribution < -0.4 is 14.8 Å². The van der Waals surface area contributed by atoms with E-state index in [0.717, 1.165) is 68.7 Å². The maximum Gasteiger partial charge on any atom is 0.194 e. The van der Waals surface area contributed by atoms with E-state index in [0.29, 0.717) is 0 Å². The highest BCUT2D eigenvalue weighted by Crippen LogP contribution is 2.33. The van der Waals surface area contributed by atoms with Gasteiger partial charge in [-0.3, -0.25) is 4.99 Å². The van der Waals surface area contributed by atoms with Gasteiger partial charge in [0.15, 0.2) is 17.5 Å². The minimum Gasteiger partial charge on any atom is -0.493 e. The van der Waals surface area contributed by atoms with Crippen molar-refractivity contribution in [1.82, 2.24) is 10.2 Å². The average molecular weight is 499 g/mol. The van der Waals surface area contributed by atoms with Crippen LogP contribution in [0.15, 0.2) is 39.9 Å². The predicted octanol–water partition coefficient (Wildman–Crippen LogP) is 3.87. The Bertz CT molecular complexity index is 763. The van der Waals surface area contributed by atoms with Gasteiger partial charge in [-0.2, -0.15) is 0 Å². The van der Waals surface area contributed by atoms with Crippen molar-refractivity contribution < 1.29 is 13.9 Å². The highest BCUT2D eigenvalue weighted by atomic mass is 127. The number of rotatable bonds is 7. The predicted molar refractivity (Wildman–Crippen MR) is 122 cm³/mol. The molecule has 1 aromatic carbocycles. The molecule has 0 saturated carbocycles. The van der Waals surface area contributed by atoms with Gasteiger partial charge in [0.05, 0.1) is 20.5 Å². The smallest absolute Gasteiger partial charge is 0.194 e. The molecule has 6 nitrogen and oxygen atoms in total. The van der Waals surface area contributed by atoms with Crippen LogP contribution in [0.5, 0.6) is 11.5 Å². The molecule has 1 aliphatic rings. The summed E-state index contributed by atoms with van der Waals surface area (Å²) < 4.78 is 16.3. The molecule has 0 amide bonds. The van der Waals surface area contributed by atoms with Gasteiger partial charge in [0.2, 0.25) is 0 Å². The molecule has 1 N–H and O–H groups in total. The molecule has 0 bridgehead atoms. The molecule has 0 spiro atoms. The van der Waals surface area contributed by atoms with Gasteiger partial charge in [-0.05, 0) is 48.2 Å². The normalized spacial score (nSPS) is 13.5. The van der Waals surface area contributed by atoms with Gasteiger partial charge in [0.1, 0.15) is 5.76 Å². The second kappa shape index (κ2) is 11.2. The lowest BCUT2D eigenvalue weighted by molar-refractivity contribution is 0.345. The average Bonchev–Trinajstić information content (AvgIpc) is 3.22. The molecule has 1 aromatic heterocycles. The Kier molecular flexibility index (Phi) is 8.95. The molecular formula is C21H30IN3O3. The van der Waals surface area contributed by atoms with Crippen LogP contribution in [0.2, 0.25) is 0 Å². The van der Waals surface area contributed by atoms with Gasteiger partial charge in [0, 0.05) is 32.6 Å². The molecule has 0 atom stereocenters. The lowest BCUT2D eigenvalue weighted by Crippen LogP contribution is -2.44. The van der Waals surface area contributed by atoms with E-state index in [1.165, 1.54) is 11.1 Å². The van der Waals surface area contributed by atoms with Crippen LogP contribution in [0.4, 0.5) is 0 Å². The van der Waals surface area contributed by atoms with E-state index in [4.69, 9.17) is 18.9 Å². The number of nitrogens with zero attached hydrogens (tertiary/aromatic N) is 2. The van der Waals surface area contributed by atoms with Crippen LogP contribution >= 0.6 is 24.0 Å². The van der Waals surface area contributed by atoms with Gasteiger partial charge in [-0.15, -0.1) is 24.0 Å². The first-order valence-electron chi connectivity index (χ1n) is 9.54. The molecule has 28 heavy (non-hydrogen) atoms. The Morgan fingerprint density at radius 1 is 1.21 bits per heavy atom. The molecule has 1 aliphatic heterocycles. The monoisotopic (exact) mass is 499 g/mol. The molecular weight excluding hydrogens is 469 g/mol. The maximum atomic E-state index is 5.47. The third-order valence-corrected chi connectivity index (χ3v) is 4.74. The Labute approximate surface area is 184 Å². The molecule has 2 aromatic rings. The standard InChI is InChI=1S/C21H29N3O3.HI/c1-4-9-22-21(23-10-7-18-6-5-12-27-18)24-11-8-16-13-19(25-2)20(26-3)14-17(16)15-24;/h5-6,12-14H,4,7-11,15H2,1-3H3,(H,22,23);1H. The van der Waals surface area contributed by atoms with Crippen molar-refractivity contribution in [2.45, 2.75) is 32.7 Å². The summed E-state index contributed by atoms with van der Waals surface area (Å²) in [6, 6.07) is 8.10. The number of guanidine groups is 1. The number of ether oxygens (including phenoxy) is 2. The number of halogens is 1. The number of furan rings is 1. The Balaban J connectivity index is 0.00000280. The second-order valence-corrected chi connectivity index (χ2v) is 6.61. The van der Waals surface area contributed by atoms with Gasteiger partial charge < -0.3 is 24.1 Å². The lowest BCUT2D eigenvalue weighted by atomic mass is 9.99. The Hall–Kier alpha value is -1.90. The molecule has 154 valence electrons. The zero-order valence-electron chi connectivity index (χ0n) is 16.9. The highest BCUT2D eigenvalue weighted by molar-refractivity contribution is 14.0. The summed E-state index contributed by atoms with van der Waals surface area (Å²) in [7, 11) is 3.35. The Morgan fingerprint density at radius 3 is 2.61 bits per heavy atom. The first kappa shape index (κ1) is 22.4. The molecule has 0 radical (unpaired) electrons. The maximum absolute atomic E-state index is 5.47. The molecule has 0 fully saturated rings. The largest absolute Gasteiger partial charge is 0.493 e. The molecule has 7 heteroatoms. The first-order chi connectivity index (χ1) is 13.2. The first-order valence-corrected chi connectivity index (χ1v) is 9.54. The fraction of sp³-hybridized carbons (Fsp3) is 0.476. The summed E-state index contributed by atoms with van der Waals surface area (Å²) in [5.74, 6) is 3.51. The third-order valence-electron chi connectivity index (χ3n) is 4.74. The van der Waals surface area contributed by atoms with E-state index in [1.54, 1.807) is 20.5 Å². The quantitative estimate of drug-likeness (QED) is 0.356. The minimum atomic E-state index is 0. The number of aliphatic imine (C=N–C) groups is 1. The van der Waals surface area contributed by atoms with Crippen molar-refractivity contribution in [3.8, 4) is 11.5 Å². The van der Waals surface area contributed by atoms with E-state index in [2.05, 4.69) is 29.3 Å². The molecule has 0 unspecified atom stereocenters. The van der Waals surface area contributed by atoms with Crippen molar-refractivity contribution >= 4 is 29.9 Å². The number of methoxy groups -OCH3 is 2. The Morgan fingerprint density at radius 2 is 1.96 bits per heavy atom. The topological polar surface area (TPSA) is 59.2 Å². The van der Waals surface area contributed by atoms with Crippen LogP contribution in [-0.4, -0.2) is 44.7 Å². The molecule has 2 heterocycles. The summed E-state index contributed by atoms with van der Waals surface area (Å²) in [4.78, 5) is 7.09. The fourth-order valence-electron chi connectivity index (χ4n) is 3.30. The van der Waals surface area contributed by atoms with Crippen LogP contribution in [0.25, 0.3) is 0 Å². The lowest BCUT2D eigenvalue weighted by Gasteiger charge is -2.32. The van der Waals surface area contributed by atoms with E-state index in [-0.39, 0.29) is 24.0 Å². The van der Waals surface area contributed by atoms with E-state index < -0.39 is 0 Å². The van der Waals surface area contributed by atoms with Gasteiger partial charge in [0.25, 0.3) is 0 Å². The fourth-order valence-corrected chi connectivity index (χ4v) is 3.30. The summed E-state index contributed by atoms with van der Waals surface area (Å²) in [6.07, 6.45) is 4.54. The minimum absolute atomic E-state index is 0. The van der Waals surface area contributed by atoms with Crippen LogP contribution in [0.1, 0.15) is 30.2 Å². The third kappa shape index (κ3) is 5.56. The highest BCUT2D eigenvalue weighted by Gasteiger charge is 2.21. The molecule has 0 saturated heterocycles. The summed E-state index contributed by atoms with van der Waals surface area (Å²) in [5, 5.41) is 3.50. The summed E-state index contributed by atoms with van der Waals surface area (Å²) >= 11 is 0. The summed E-state index contributed by atoms with van der Waals surface area (Å²) in [6.45, 7) is 5.50. The van der Waals surface area contributed by atoms with Crippen LogP contribution in [-0.2, 0) is 19.4 Å². The zero-order valence-corrected chi connectivity index (χ0v) is 19.2. The molecule has 0 aliphatic carbocycles. The van der Waals surface area contributed by atoms with Gasteiger partial charge in [-0.25, -0.2) is 0 Å². The van der Waals surface area contributed by atoms with Crippen LogP contribution in [0.3, 0.4) is 0 Å². The zero-order chi connectivity index (χ0) is 19.1. The number of nitrogens with one attached hydrogen (secondary N) is 1. The second-order valence-electron chi connectivity index (χ2n) is 6.61. The summed E-state index contributed by atoms with van der Waals surface area (Å²) in [5.41, 5.74) is 2.57. The number of hydrogen-bond acceptors (Lipinski definition) is 4. The van der Waals surface area contributed by atoms with E-state index in [9.17, 15) is 0 Å². The molecule has 3 rings (SSSR count). The van der Waals surface area contributed by atoms with Crippen molar-refractivity contribution in [2.24, 2.45) is 4.99 Å². The van der Waals surface area contributed by atoms with Crippen molar-refractivity contribution in [3.05, 3.63) is 47.4 Å². The number of hydrogen-bond donors (Lipinski definition) is 1. The number of benzene rings is 1. The van der Waals surface area contributed by atoms with E-state index in [1.807, 2.05) is 12.1 Å². The SMILES string of the molecule is CCCN=C(NCCc1ccco1)N1CCc2cc(OC)c(OC)cc2C1.I. The van der Waals surface area contributed by atoms with Crippen molar-refractivity contribution in [1.29, 1.82) is 0 Å². The van der Waals surface area contributed by atoms with Crippen molar-refractivity contribution in [3.63, 3.8) is 0 Å². The van der Waals surface area contributed by atoms with Gasteiger partial charge >= 0.3 is 0 Å². The van der Waals surface area contributed by atoms with Crippen LogP contribution in [0, 0.1) is 0 Å².